The number of esters is 1. The number of aliphatic hydroxyl groups excluding tert-OH is 1. The van der Waals surface area contributed by atoms with Gasteiger partial charge in [0.2, 0.25) is 11.8 Å². The van der Waals surface area contributed by atoms with Crippen LogP contribution < -0.4 is 5.32 Å². The van der Waals surface area contributed by atoms with Crippen molar-refractivity contribution in [3.05, 3.63) is 24.3 Å². The summed E-state index contributed by atoms with van der Waals surface area (Å²) >= 11 is 0. The minimum absolute atomic E-state index is 0.0971. The molecule has 1 spiro atoms. The molecule has 36 heavy (non-hydrogen) atoms. The first-order valence-corrected chi connectivity index (χ1v) is 12.8. The van der Waals surface area contributed by atoms with Gasteiger partial charge >= 0.3 is 5.97 Å². The fourth-order valence-electron chi connectivity index (χ4n) is 6.23. The van der Waals surface area contributed by atoms with E-state index in [4.69, 9.17) is 14.6 Å². The third-order valence-electron chi connectivity index (χ3n) is 7.74. The van der Waals surface area contributed by atoms with Gasteiger partial charge in [0, 0.05) is 13.2 Å². The summed E-state index contributed by atoms with van der Waals surface area (Å²) in [6, 6.07) is 6.63. The molecule has 1 aromatic carbocycles. The van der Waals surface area contributed by atoms with Gasteiger partial charge in [0.25, 0.3) is 0 Å². The fourth-order valence-corrected chi connectivity index (χ4v) is 6.23. The molecule has 0 unspecified atom stereocenters. The van der Waals surface area contributed by atoms with Gasteiger partial charge in [-0.15, -0.1) is 5.10 Å². The fraction of sp³-hybridized carbons (Fsp3) is 0.640. The summed E-state index contributed by atoms with van der Waals surface area (Å²) in [5, 5.41) is 20.2. The summed E-state index contributed by atoms with van der Waals surface area (Å²) in [6.45, 7) is 2.57. The number of nitrogens with one attached hydrogen (secondary N) is 1. The molecule has 3 fully saturated rings. The molecule has 0 saturated carbocycles. The number of aliphatic hydroxyl groups is 1. The number of carbonyl (C=O) groups excluding carboxylic acids is 3. The third kappa shape index (κ3) is 4.03. The third-order valence-corrected chi connectivity index (χ3v) is 7.74. The molecule has 0 aliphatic carbocycles. The second-order valence-corrected chi connectivity index (χ2v) is 9.75. The first kappa shape index (κ1) is 24.6. The molecule has 1 aromatic heterocycles. The highest BCUT2D eigenvalue weighted by atomic mass is 16.6. The van der Waals surface area contributed by atoms with E-state index in [-0.39, 0.29) is 31.7 Å². The number of hydrogen-bond donors (Lipinski definition) is 2. The Bertz CT molecular complexity index is 1140. The van der Waals surface area contributed by atoms with Crippen LogP contribution in [0.2, 0.25) is 0 Å². The van der Waals surface area contributed by atoms with Crippen LogP contribution in [0.15, 0.2) is 24.3 Å². The van der Waals surface area contributed by atoms with Crippen molar-refractivity contribution in [1.29, 1.82) is 0 Å². The van der Waals surface area contributed by atoms with Crippen molar-refractivity contribution in [2.24, 2.45) is 11.8 Å². The molecular weight excluding hydrogens is 466 g/mol. The maximum absolute atomic E-state index is 13.7. The number of likely N-dealkylation sites (tertiary alicyclic amines) is 1. The quantitative estimate of drug-likeness (QED) is 0.345. The molecule has 5 rings (SSSR count). The molecule has 3 saturated heterocycles. The van der Waals surface area contributed by atoms with E-state index in [0.717, 1.165) is 23.9 Å². The van der Waals surface area contributed by atoms with Crippen molar-refractivity contribution in [1.82, 2.24) is 25.2 Å². The van der Waals surface area contributed by atoms with Crippen molar-refractivity contribution in [3.8, 4) is 0 Å². The van der Waals surface area contributed by atoms with E-state index >= 15 is 0 Å². The number of ether oxygens (including phenoxy) is 2. The average molecular weight is 500 g/mol. The van der Waals surface area contributed by atoms with Crippen LogP contribution in [0.5, 0.6) is 0 Å². The summed E-state index contributed by atoms with van der Waals surface area (Å²) in [4.78, 5) is 41.9. The Hall–Kier alpha value is -3.05. The lowest BCUT2D eigenvalue weighted by atomic mass is 9.71. The summed E-state index contributed by atoms with van der Waals surface area (Å²) in [6.07, 6.45) is 3.79. The van der Waals surface area contributed by atoms with E-state index in [9.17, 15) is 14.4 Å². The van der Waals surface area contributed by atoms with Gasteiger partial charge in [-0.1, -0.05) is 30.2 Å². The highest BCUT2D eigenvalue weighted by Gasteiger charge is 2.74. The molecule has 2 aromatic rings. The van der Waals surface area contributed by atoms with E-state index in [1.165, 1.54) is 0 Å². The lowest BCUT2D eigenvalue weighted by Crippen LogP contribution is -2.55. The highest BCUT2D eigenvalue weighted by Crippen LogP contribution is 2.58. The zero-order valence-corrected chi connectivity index (χ0v) is 20.5. The Morgan fingerprint density at radius 1 is 1.25 bits per heavy atom. The van der Waals surface area contributed by atoms with Crippen LogP contribution in [0, 0.1) is 11.8 Å². The van der Waals surface area contributed by atoms with Gasteiger partial charge in [0.1, 0.15) is 23.8 Å². The monoisotopic (exact) mass is 499 g/mol. The lowest BCUT2D eigenvalue weighted by Gasteiger charge is -2.33. The number of carbonyl (C=O) groups is 3. The number of fused-ring (bicyclic) bond motifs is 2. The topological polar surface area (TPSA) is 136 Å². The van der Waals surface area contributed by atoms with Crippen molar-refractivity contribution in [3.63, 3.8) is 0 Å². The number of benzene rings is 1. The first-order valence-electron chi connectivity index (χ1n) is 12.8. The molecule has 5 atom stereocenters. The predicted molar refractivity (Wildman–Crippen MR) is 127 cm³/mol. The second kappa shape index (κ2) is 10.1. The minimum Gasteiger partial charge on any atom is -0.466 e. The van der Waals surface area contributed by atoms with Gasteiger partial charge in [0.15, 0.2) is 0 Å². The number of nitrogens with zero attached hydrogens (tertiary/aromatic N) is 4. The number of aromatic nitrogens is 3. The molecule has 11 nitrogen and oxygen atoms in total. The molecule has 2 bridgehead atoms. The molecule has 2 amide bonds. The number of amides is 2. The first-order chi connectivity index (χ1) is 17.5. The van der Waals surface area contributed by atoms with Gasteiger partial charge in [-0.25, -0.2) is 4.68 Å². The largest absolute Gasteiger partial charge is 0.466 e. The van der Waals surface area contributed by atoms with Crippen molar-refractivity contribution < 1.29 is 29.0 Å². The minimum atomic E-state index is -1.04. The Morgan fingerprint density at radius 3 is 2.86 bits per heavy atom. The Morgan fingerprint density at radius 2 is 2.06 bits per heavy atom. The Labute approximate surface area is 209 Å². The predicted octanol–water partition coefficient (Wildman–Crippen LogP) is 0.995. The molecule has 194 valence electrons. The zero-order chi connectivity index (χ0) is 25.3. The van der Waals surface area contributed by atoms with Crippen LogP contribution in [0.4, 0.5) is 0 Å². The van der Waals surface area contributed by atoms with Crippen LogP contribution in [-0.2, 0) is 30.5 Å². The van der Waals surface area contributed by atoms with Gasteiger partial charge in [-0.05, 0) is 44.7 Å². The summed E-state index contributed by atoms with van der Waals surface area (Å²) in [5.74, 6) is -2.40. The van der Waals surface area contributed by atoms with Crippen LogP contribution in [-0.4, -0.2) is 80.3 Å². The molecular formula is C25H33N5O6. The Kier molecular flexibility index (Phi) is 6.94. The molecule has 3 aliphatic heterocycles. The van der Waals surface area contributed by atoms with Crippen LogP contribution in [0.25, 0.3) is 11.0 Å². The SMILES string of the molecule is CCOC(=O)[C@@H]1[C@@H]2CC[C@]3(O2)[C@H](C(=O)NCn2nnc4ccccc42)N(CCCCCCO)C(=O)[C@@H]13. The van der Waals surface area contributed by atoms with Crippen LogP contribution in [0.3, 0.4) is 0 Å². The second-order valence-electron chi connectivity index (χ2n) is 9.75. The summed E-state index contributed by atoms with van der Waals surface area (Å²) in [7, 11) is 0. The number of hydrogen-bond acceptors (Lipinski definition) is 8. The molecule has 2 N–H and O–H groups in total. The Balaban J connectivity index is 1.38. The maximum Gasteiger partial charge on any atom is 0.312 e. The van der Waals surface area contributed by atoms with E-state index in [1.807, 2.05) is 24.3 Å². The van der Waals surface area contributed by atoms with Crippen molar-refractivity contribution in [2.45, 2.75) is 69.9 Å². The van der Waals surface area contributed by atoms with Crippen LogP contribution in [0.1, 0.15) is 45.4 Å². The smallest absolute Gasteiger partial charge is 0.312 e. The highest BCUT2D eigenvalue weighted by molar-refractivity contribution is 5.98. The molecule has 0 radical (unpaired) electrons. The van der Waals surface area contributed by atoms with E-state index in [2.05, 4.69) is 15.6 Å². The standard InChI is InChI=1S/C25H33N5O6/c1-2-35-24(34)19-18-11-12-25(36-18)20(19)23(33)29(13-7-3-4-8-14-31)21(25)22(32)26-15-30-17-10-6-5-9-16(17)27-28-30/h5-6,9-10,18-21,31H,2-4,7-8,11-15H2,1H3,(H,26,32)/t18-,19+,20+,21-,25+/m0/s1. The van der Waals surface area contributed by atoms with E-state index in [0.29, 0.717) is 32.2 Å². The van der Waals surface area contributed by atoms with Gasteiger partial charge in [-0.3, -0.25) is 14.4 Å². The zero-order valence-electron chi connectivity index (χ0n) is 20.5. The van der Waals surface area contributed by atoms with Gasteiger partial charge in [0.05, 0.1) is 30.1 Å². The van der Waals surface area contributed by atoms with E-state index < -0.39 is 35.6 Å². The number of para-hydroxylation sites is 1. The van der Waals surface area contributed by atoms with Crippen LogP contribution >= 0.6 is 0 Å². The molecule has 4 heterocycles. The van der Waals surface area contributed by atoms with Crippen molar-refractivity contribution >= 4 is 28.8 Å². The van der Waals surface area contributed by atoms with Crippen molar-refractivity contribution in [2.75, 3.05) is 19.8 Å². The number of rotatable bonds is 11. The molecule has 3 aliphatic rings. The lowest BCUT2D eigenvalue weighted by molar-refractivity contribution is -0.154. The summed E-state index contributed by atoms with van der Waals surface area (Å²) in [5.41, 5.74) is 0.470. The number of unbranched alkanes of at least 4 members (excludes halogenated alkanes) is 3. The van der Waals surface area contributed by atoms with Gasteiger partial charge < -0.3 is 24.8 Å². The maximum atomic E-state index is 13.7. The van der Waals surface area contributed by atoms with E-state index in [1.54, 1.807) is 16.5 Å². The van der Waals surface area contributed by atoms with Gasteiger partial charge in [-0.2, -0.15) is 0 Å². The average Bonchev–Trinajstić information content (AvgIpc) is 3.62. The summed E-state index contributed by atoms with van der Waals surface area (Å²) < 4.78 is 13.3. The molecule has 11 heteroatoms. The normalized spacial score (nSPS) is 28.6.